The van der Waals surface area contributed by atoms with Crippen molar-refractivity contribution in [3.8, 4) is 0 Å². The number of nitrogens with zero attached hydrogens (tertiary/aromatic N) is 2. The normalized spacial score (nSPS) is 12.6. The smallest absolute Gasteiger partial charge is 0.247 e. The van der Waals surface area contributed by atoms with E-state index in [1.54, 1.807) is 0 Å². The van der Waals surface area contributed by atoms with Gasteiger partial charge in [0.05, 0.1) is 5.25 Å². The molecule has 1 amide bonds. The predicted molar refractivity (Wildman–Crippen MR) is 73.1 cm³/mol. The van der Waals surface area contributed by atoms with Crippen LogP contribution in [-0.4, -0.2) is 21.1 Å². The van der Waals surface area contributed by atoms with Gasteiger partial charge < -0.3 is 0 Å². The van der Waals surface area contributed by atoms with Crippen LogP contribution in [0.2, 0.25) is 0 Å². The SMILES string of the molecule is Cc1nc(SC(C(=O)NN)C(C)C)nc(C)c1C. The average Bonchev–Trinajstić information content (AvgIpc) is 2.31. The summed E-state index contributed by atoms with van der Waals surface area (Å²) in [6, 6.07) is 0. The second kappa shape index (κ2) is 6.15. The van der Waals surface area contributed by atoms with Crippen LogP contribution in [0.3, 0.4) is 0 Å². The topological polar surface area (TPSA) is 80.9 Å². The summed E-state index contributed by atoms with van der Waals surface area (Å²) < 4.78 is 0. The number of nitrogens with two attached hydrogens (primary N) is 1. The van der Waals surface area contributed by atoms with Gasteiger partial charge >= 0.3 is 0 Å². The van der Waals surface area contributed by atoms with Crippen LogP contribution >= 0.6 is 11.8 Å². The molecule has 0 saturated heterocycles. The monoisotopic (exact) mass is 268 g/mol. The average molecular weight is 268 g/mol. The molecule has 0 fully saturated rings. The number of thioether (sulfide) groups is 1. The van der Waals surface area contributed by atoms with Gasteiger partial charge in [0.15, 0.2) is 5.16 Å². The third-order valence-electron chi connectivity index (χ3n) is 2.85. The van der Waals surface area contributed by atoms with Crippen molar-refractivity contribution in [1.29, 1.82) is 0 Å². The molecule has 1 rings (SSSR count). The summed E-state index contributed by atoms with van der Waals surface area (Å²) in [4.78, 5) is 20.5. The lowest BCUT2D eigenvalue weighted by atomic mass is 10.1. The Bertz CT molecular complexity index is 425. The molecular formula is C12H20N4OS. The number of hydrogen-bond acceptors (Lipinski definition) is 5. The van der Waals surface area contributed by atoms with E-state index in [0.29, 0.717) is 5.16 Å². The molecule has 3 N–H and O–H groups in total. The number of amides is 1. The molecule has 0 aliphatic heterocycles. The molecule has 1 heterocycles. The molecule has 18 heavy (non-hydrogen) atoms. The van der Waals surface area contributed by atoms with E-state index < -0.39 is 0 Å². The minimum atomic E-state index is -0.281. The summed E-state index contributed by atoms with van der Waals surface area (Å²) >= 11 is 1.35. The maximum atomic E-state index is 11.7. The van der Waals surface area contributed by atoms with Crippen LogP contribution in [0.5, 0.6) is 0 Å². The Balaban J connectivity index is 2.98. The highest BCUT2D eigenvalue weighted by Gasteiger charge is 2.24. The zero-order valence-corrected chi connectivity index (χ0v) is 12.3. The standard InChI is InChI=1S/C12H20N4OS/c1-6(2)10(11(17)16-13)18-12-14-8(4)7(3)9(5)15-12/h6,10H,13H2,1-5H3,(H,16,17). The Labute approximate surface area is 112 Å². The molecule has 0 aliphatic carbocycles. The summed E-state index contributed by atoms with van der Waals surface area (Å²) in [5.74, 6) is 5.15. The Morgan fingerprint density at radius 2 is 1.72 bits per heavy atom. The van der Waals surface area contributed by atoms with Crippen molar-refractivity contribution < 1.29 is 4.79 Å². The largest absolute Gasteiger partial charge is 0.293 e. The van der Waals surface area contributed by atoms with Crippen molar-refractivity contribution in [1.82, 2.24) is 15.4 Å². The molecule has 1 unspecified atom stereocenters. The van der Waals surface area contributed by atoms with E-state index in [4.69, 9.17) is 5.84 Å². The van der Waals surface area contributed by atoms with Gasteiger partial charge in [0, 0.05) is 11.4 Å². The number of carbonyl (C=O) groups excluding carboxylic acids is 1. The van der Waals surface area contributed by atoms with E-state index in [1.165, 1.54) is 11.8 Å². The number of rotatable bonds is 4. The van der Waals surface area contributed by atoms with Crippen molar-refractivity contribution >= 4 is 17.7 Å². The minimum absolute atomic E-state index is 0.157. The Kier molecular flexibility index (Phi) is 5.10. The van der Waals surface area contributed by atoms with Crippen molar-refractivity contribution in [2.24, 2.45) is 11.8 Å². The molecule has 0 radical (unpaired) electrons. The number of aromatic nitrogens is 2. The second-order valence-corrected chi connectivity index (χ2v) is 5.70. The minimum Gasteiger partial charge on any atom is -0.293 e. The molecule has 1 aromatic heterocycles. The lowest BCUT2D eigenvalue weighted by Gasteiger charge is -2.18. The molecule has 0 aliphatic rings. The summed E-state index contributed by atoms with van der Waals surface area (Å²) in [7, 11) is 0. The summed E-state index contributed by atoms with van der Waals surface area (Å²) in [6.45, 7) is 9.83. The Morgan fingerprint density at radius 3 is 2.11 bits per heavy atom. The van der Waals surface area contributed by atoms with Gasteiger partial charge in [-0.1, -0.05) is 25.6 Å². The van der Waals surface area contributed by atoms with Crippen LogP contribution in [0, 0.1) is 26.7 Å². The van der Waals surface area contributed by atoms with Crippen LogP contribution < -0.4 is 11.3 Å². The number of hydrazine groups is 1. The van der Waals surface area contributed by atoms with Crippen LogP contribution in [0.15, 0.2) is 5.16 Å². The van der Waals surface area contributed by atoms with Gasteiger partial charge in [0.1, 0.15) is 0 Å². The number of carbonyl (C=O) groups is 1. The van der Waals surface area contributed by atoms with Gasteiger partial charge in [0.25, 0.3) is 0 Å². The molecule has 0 saturated carbocycles. The zero-order valence-electron chi connectivity index (χ0n) is 11.4. The summed E-state index contributed by atoms with van der Waals surface area (Å²) in [5.41, 5.74) is 5.17. The van der Waals surface area contributed by atoms with Crippen LogP contribution in [0.1, 0.15) is 30.8 Å². The lowest BCUT2D eigenvalue weighted by Crippen LogP contribution is -2.40. The van der Waals surface area contributed by atoms with E-state index in [1.807, 2.05) is 34.6 Å². The molecule has 0 spiro atoms. The summed E-state index contributed by atoms with van der Waals surface area (Å²) in [5, 5.41) is 0.342. The molecule has 1 aromatic rings. The molecule has 0 bridgehead atoms. The van der Waals surface area contributed by atoms with Gasteiger partial charge in [-0.25, -0.2) is 15.8 Å². The van der Waals surface area contributed by atoms with E-state index in [2.05, 4.69) is 15.4 Å². The summed E-state index contributed by atoms with van der Waals surface area (Å²) in [6.07, 6.45) is 0. The molecule has 0 aromatic carbocycles. The van der Waals surface area contributed by atoms with Gasteiger partial charge in [-0.05, 0) is 32.3 Å². The Hall–Kier alpha value is -1.14. The van der Waals surface area contributed by atoms with Gasteiger partial charge in [-0.2, -0.15) is 0 Å². The highest BCUT2D eigenvalue weighted by Crippen LogP contribution is 2.26. The van der Waals surface area contributed by atoms with Gasteiger partial charge in [0.2, 0.25) is 5.91 Å². The van der Waals surface area contributed by atoms with Crippen molar-refractivity contribution in [2.45, 2.75) is 45.0 Å². The lowest BCUT2D eigenvalue weighted by molar-refractivity contribution is -0.121. The highest BCUT2D eigenvalue weighted by molar-refractivity contribution is 8.00. The van der Waals surface area contributed by atoms with Gasteiger partial charge in [-0.15, -0.1) is 0 Å². The number of nitrogens with one attached hydrogen (secondary N) is 1. The first kappa shape index (κ1) is 14.9. The zero-order chi connectivity index (χ0) is 13.9. The first-order valence-corrected chi connectivity index (χ1v) is 6.73. The fourth-order valence-electron chi connectivity index (χ4n) is 1.48. The molecular weight excluding hydrogens is 248 g/mol. The maximum absolute atomic E-state index is 11.7. The maximum Gasteiger partial charge on any atom is 0.247 e. The number of aryl methyl sites for hydroxylation is 2. The third kappa shape index (κ3) is 3.43. The first-order chi connectivity index (χ1) is 8.36. The van der Waals surface area contributed by atoms with Crippen LogP contribution in [0.4, 0.5) is 0 Å². The molecule has 100 valence electrons. The molecule has 6 heteroatoms. The van der Waals surface area contributed by atoms with Crippen molar-refractivity contribution in [3.63, 3.8) is 0 Å². The fourth-order valence-corrected chi connectivity index (χ4v) is 2.54. The highest BCUT2D eigenvalue weighted by atomic mass is 32.2. The third-order valence-corrected chi connectivity index (χ3v) is 4.26. The van der Waals surface area contributed by atoms with Crippen molar-refractivity contribution in [3.05, 3.63) is 17.0 Å². The van der Waals surface area contributed by atoms with E-state index in [9.17, 15) is 4.79 Å². The second-order valence-electron chi connectivity index (χ2n) is 4.59. The quantitative estimate of drug-likeness (QED) is 0.284. The predicted octanol–water partition coefficient (Wildman–Crippen LogP) is 1.51. The first-order valence-electron chi connectivity index (χ1n) is 5.85. The number of hydrogen-bond donors (Lipinski definition) is 2. The Morgan fingerprint density at radius 1 is 1.22 bits per heavy atom. The van der Waals surface area contributed by atoms with Crippen molar-refractivity contribution in [2.75, 3.05) is 0 Å². The van der Waals surface area contributed by atoms with Gasteiger partial charge in [-0.3, -0.25) is 10.2 Å². The van der Waals surface area contributed by atoms with Crippen LogP contribution in [-0.2, 0) is 4.79 Å². The van der Waals surface area contributed by atoms with Crippen LogP contribution in [0.25, 0.3) is 0 Å². The van der Waals surface area contributed by atoms with E-state index in [-0.39, 0.29) is 17.1 Å². The molecule has 1 atom stereocenters. The fraction of sp³-hybridized carbons (Fsp3) is 0.583. The van der Waals surface area contributed by atoms with E-state index >= 15 is 0 Å². The molecule has 5 nitrogen and oxygen atoms in total. The van der Waals surface area contributed by atoms with E-state index in [0.717, 1.165) is 17.0 Å².